The predicted molar refractivity (Wildman–Crippen MR) is 203 cm³/mol. The maximum absolute atomic E-state index is 6.34. The van der Waals surface area contributed by atoms with Crippen LogP contribution < -0.4 is 0 Å². The third-order valence-corrected chi connectivity index (χ3v) is 9.45. The molecule has 10 rings (SSSR count). The minimum atomic E-state index is 0.614. The number of rotatable bonds is 5. The molecule has 0 aliphatic heterocycles. The molecule has 0 saturated heterocycles. The Kier molecular flexibility index (Phi) is 6.42. The number of para-hydroxylation sites is 2. The number of benzene rings is 7. The lowest BCUT2D eigenvalue weighted by atomic mass is 10.0. The van der Waals surface area contributed by atoms with Gasteiger partial charge in [-0.2, -0.15) is 0 Å². The van der Waals surface area contributed by atoms with Gasteiger partial charge in [-0.1, -0.05) is 133 Å². The summed E-state index contributed by atoms with van der Waals surface area (Å²) in [5, 5.41) is 4.61. The Hall–Kier alpha value is -6.85. The zero-order valence-electron chi connectivity index (χ0n) is 26.9. The van der Waals surface area contributed by atoms with Crippen molar-refractivity contribution in [3.05, 3.63) is 170 Å². The second kappa shape index (κ2) is 11.4. The van der Waals surface area contributed by atoms with E-state index in [1.807, 2.05) is 48.5 Å². The summed E-state index contributed by atoms with van der Waals surface area (Å²) >= 11 is 0. The molecule has 5 heteroatoms. The van der Waals surface area contributed by atoms with Crippen molar-refractivity contribution in [1.29, 1.82) is 0 Å². The van der Waals surface area contributed by atoms with Crippen LogP contribution in [0, 0.1) is 0 Å². The lowest BCUT2D eigenvalue weighted by Gasteiger charge is -2.12. The zero-order chi connectivity index (χ0) is 33.0. The maximum atomic E-state index is 6.34. The van der Waals surface area contributed by atoms with Crippen LogP contribution in [0.1, 0.15) is 0 Å². The molecule has 0 unspecified atom stereocenters. The second-order valence-corrected chi connectivity index (χ2v) is 12.5. The Morgan fingerprint density at radius 1 is 0.340 bits per heavy atom. The highest BCUT2D eigenvalue weighted by Crippen LogP contribution is 2.39. The topological polar surface area (TPSA) is 56.7 Å². The number of nitrogens with zero attached hydrogens (tertiary/aromatic N) is 4. The Labute approximate surface area is 287 Å². The van der Waals surface area contributed by atoms with E-state index in [0.29, 0.717) is 17.5 Å². The molecule has 0 saturated carbocycles. The SMILES string of the molecule is c1ccc(-c2ccc(-c3nc(-c4ccccc4)nc(-c4cccc(-n5c6ccccc6c6cc7c(cc65)oc5ccccc57)c4)n3)cc2)cc1. The van der Waals surface area contributed by atoms with E-state index >= 15 is 0 Å². The summed E-state index contributed by atoms with van der Waals surface area (Å²) in [6.07, 6.45) is 0. The molecule has 0 aliphatic carbocycles. The first-order valence-corrected chi connectivity index (χ1v) is 16.7. The molecule has 0 radical (unpaired) electrons. The Morgan fingerprint density at radius 3 is 1.66 bits per heavy atom. The van der Waals surface area contributed by atoms with Gasteiger partial charge in [-0.15, -0.1) is 0 Å². The van der Waals surface area contributed by atoms with Gasteiger partial charge in [0, 0.05) is 50.0 Å². The van der Waals surface area contributed by atoms with Crippen LogP contribution in [0.3, 0.4) is 0 Å². The molecule has 3 aromatic heterocycles. The molecule has 5 nitrogen and oxygen atoms in total. The van der Waals surface area contributed by atoms with E-state index in [9.17, 15) is 0 Å². The van der Waals surface area contributed by atoms with Crippen molar-refractivity contribution in [3.8, 4) is 51.0 Å². The average molecular weight is 641 g/mol. The maximum Gasteiger partial charge on any atom is 0.164 e. The monoisotopic (exact) mass is 640 g/mol. The first-order chi connectivity index (χ1) is 24.8. The van der Waals surface area contributed by atoms with Gasteiger partial charge in [0.2, 0.25) is 0 Å². The fourth-order valence-electron chi connectivity index (χ4n) is 7.04. The molecular weight excluding hydrogens is 613 g/mol. The predicted octanol–water partition coefficient (Wildman–Crippen LogP) is 11.5. The first kappa shape index (κ1) is 28.2. The van der Waals surface area contributed by atoms with Gasteiger partial charge in [0.25, 0.3) is 0 Å². The minimum absolute atomic E-state index is 0.614. The van der Waals surface area contributed by atoms with E-state index in [1.54, 1.807) is 0 Å². The van der Waals surface area contributed by atoms with Crippen LogP contribution in [0.5, 0.6) is 0 Å². The van der Waals surface area contributed by atoms with Crippen molar-refractivity contribution in [3.63, 3.8) is 0 Å². The van der Waals surface area contributed by atoms with Gasteiger partial charge < -0.3 is 8.98 Å². The molecule has 7 aromatic carbocycles. The normalized spacial score (nSPS) is 11.6. The Morgan fingerprint density at radius 2 is 0.900 bits per heavy atom. The molecule has 0 spiro atoms. The van der Waals surface area contributed by atoms with Crippen LogP contribution >= 0.6 is 0 Å². The fraction of sp³-hybridized carbons (Fsp3) is 0. The number of hydrogen-bond donors (Lipinski definition) is 0. The summed E-state index contributed by atoms with van der Waals surface area (Å²) in [4.78, 5) is 15.1. The van der Waals surface area contributed by atoms with Gasteiger partial charge in [0.1, 0.15) is 11.2 Å². The molecule has 0 N–H and O–H groups in total. The number of aromatic nitrogens is 4. The van der Waals surface area contributed by atoms with Crippen molar-refractivity contribution in [2.75, 3.05) is 0 Å². The van der Waals surface area contributed by atoms with Gasteiger partial charge in [0.15, 0.2) is 17.5 Å². The Balaban J connectivity index is 1.14. The van der Waals surface area contributed by atoms with Crippen LogP contribution in [0.15, 0.2) is 174 Å². The van der Waals surface area contributed by atoms with Crippen LogP contribution in [0.25, 0.3) is 94.7 Å². The number of furan rings is 1. The van der Waals surface area contributed by atoms with Crippen LogP contribution in [-0.4, -0.2) is 19.5 Å². The lowest BCUT2D eigenvalue weighted by Crippen LogP contribution is -2.01. The van der Waals surface area contributed by atoms with Crippen molar-refractivity contribution in [1.82, 2.24) is 19.5 Å². The van der Waals surface area contributed by atoms with Gasteiger partial charge >= 0.3 is 0 Å². The second-order valence-electron chi connectivity index (χ2n) is 12.5. The lowest BCUT2D eigenvalue weighted by molar-refractivity contribution is 0.669. The third kappa shape index (κ3) is 4.67. The standard InChI is InChI=1S/C45H28N4O/c1-3-12-29(13-4-1)30-22-24-32(25-23-30)44-46-43(31-14-5-2-6-15-31)47-45(48-44)33-16-11-17-34(26-33)49-39-20-9-7-18-35(39)37-27-38-36-19-8-10-21-41(36)50-42(38)28-40(37)49/h1-28H. The summed E-state index contributed by atoms with van der Waals surface area (Å²) in [5.74, 6) is 1.87. The third-order valence-electron chi connectivity index (χ3n) is 9.45. The summed E-state index contributed by atoms with van der Waals surface area (Å²) < 4.78 is 8.65. The van der Waals surface area contributed by atoms with Crippen LogP contribution in [0.4, 0.5) is 0 Å². The largest absolute Gasteiger partial charge is 0.456 e. The van der Waals surface area contributed by atoms with Crippen molar-refractivity contribution >= 4 is 43.7 Å². The molecule has 234 valence electrons. The molecule has 0 aliphatic rings. The Bertz CT molecular complexity index is 2850. The van der Waals surface area contributed by atoms with Crippen LogP contribution in [0.2, 0.25) is 0 Å². The van der Waals surface area contributed by atoms with E-state index in [2.05, 4.69) is 126 Å². The smallest absolute Gasteiger partial charge is 0.164 e. The molecule has 10 aromatic rings. The van der Waals surface area contributed by atoms with Crippen molar-refractivity contribution in [2.45, 2.75) is 0 Å². The first-order valence-electron chi connectivity index (χ1n) is 16.7. The molecule has 0 amide bonds. The van der Waals surface area contributed by atoms with E-state index in [1.165, 1.54) is 16.3 Å². The van der Waals surface area contributed by atoms with E-state index in [-0.39, 0.29) is 0 Å². The van der Waals surface area contributed by atoms with E-state index in [4.69, 9.17) is 19.4 Å². The van der Waals surface area contributed by atoms with Gasteiger partial charge in [-0.05, 0) is 41.5 Å². The van der Waals surface area contributed by atoms with Crippen molar-refractivity contribution in [2.24, 2.45) is 0 Å². The summed E-state index contributed by atoms with van der Waals surface area (Å²) in [6, 6.07) is 58.6. The molecule has 50 heavy (non-hydrogen) atoms. The average Bonchev–Trinajstić information content (AvgIpc) is 3.72. The van der Waals surface area contributed by atoms with Gasteiger partial charge in [-0.25, -0.2) is 15.0 Å². The van der Waals surface area contributed by atoms with Crippen molar-refractivity contribution < 1.29 is 4.42 Å². The minimum Gasteiger partial charge on any atom is -0.456 e. The summed E-state index contributed by atoms with van der Waals surface area (Å²) in [7, 11) is 0. The quantitative estimate of drug-likeness (QED) is 0.188. The molecule has 0 bridgehead atoms. The summed E-state index contributed by atoms with van der Waals surface area (Å²) in [5.41, 5.74) is 10.1. The molecule has 0 atom stereocenters. The zero-order valence-corrected chi connectivity index (χ0v) is 26.9. The van der Waals surface area contributed by atoms with E-state index < -0.39 is 0 Å². The number of fused-ring (bicyclic) bond motifs is 6. The van der Waals surface area contributed by atoms with Gasteiger partial charge in [-0.3, -0.25) is 0 Å². The van der Waals surface area contributed by atoms with Gasteiger partial charge in [0.05, 0.1) is 11.0 Å². The highest BCUT2D eigenvalue weighted by atomic mass is 16.3. The highest BCUT2D eigenvalue weighted by Gasteiger charge is 2.18. The summed E-state index contributed by atoms with van der Waals surface area (Å²) in [6.45, 7) is 0. The molecule has 0 fully saturated rings. The fourth-order valence-corrected chi connectivity index (χ4v) is 7.04. The molecule has 3 heterocycles. The van der Waals surface area contributed by atoms with E-state index in [0.717, 1.165) is 60.9 Å². The highest BCUT2D eigenvalue weighted by molar-refractivity contribution is 6.17. The molecular formula is C45H28N4O. The van der Waals surface area contributed by atoms with Crippen LogP contribution in [-0.2, 0) is 0 Å². The number of hydrogen-bond acceptors (Lipinski definition) is 4.